The summed E-state index contributed by atoms with van der Waals surface area (Å²) >= 11 is 1.25. The molecule has 2 amide bonds. The number of carbonyl (C=O) groups is 2. The molecule has 8 heteroatoms. The largest absolute Gasteiger partial charge is 0.478 e. The third-order valence-corrected chi connectivity index (χ3v) is 6.52. The van der Waals surface area contributed by atoms with Crippen molar-refractivity contribution >= 4 is 33.4 Å². The van der Waals surface area contributed by atoms with Crippen LogP contribution in [0.5, 0.6) is 5.75 Å². The fourth-order valence-corrected chi connectivity index (χ4v) is 4.88. The number of benzene rings is 1. The highest BCUT2D eigenvalue weighted by Crippen LogP contribution is 2.37. The van der Waals surface area contributed by atoms with Gasteiger partial charge in [-0.3, -0.25) is 9.59 Å². The van der Waals surface area contributed by atoms with Crippen molar-refractivity contribution in [2.24, 2.45) is 5.73 Å². The minimum atomic E-state index is -1.06. The second-order valence-corrected chi connectivity index (χ2v) is 9.05. The molecule has 0 unspecified atom stereocenters. The van der Waals surface area contributed by atoms with E-state index in [0.717, 1.165) is 15.8 Å². The van der Waals surface area contributed by atoms with Crippen LogP contribution >= 0.6 is 11.3 Å². The van der Waals surface area contributed by atoms with E-state index in [1.807, 2.05) is 43.3 Å². The molecule has 1 aromatic carbocycles. The van der Waals surface area contributed by atoms with Gasteiger partial charge < -0.3 is 20.1 Å². The van der Waals surface area contributed by atoms with E-state index in [0.29, 0.717) is 35.9 Å². The third-order valence-electron chi connectivity index (χ3n) is 5.38. The first-order valence-corrected chi connectivity index (χ1v) is 10.9. The minimum Gasteiger partial charge on any atom is -0.478 e. The Balaban J connectivity index is 1.60. The highest BCUT2D eigenvalue weighted by atomic mass is 32.1. The average molecular weight is 440 g/mol. The van der Waals surface area contributed by atoms with Crippen LogP contribution in [0.25, 0.3) is 10.2 Å². The molecule has 3 heterocycles. The van der Waals surface area contributed by atoms with Crippen LogP contribution in [0.2, 0.25) is 0 Å². The van der Waals surface area contributed by atoms with Gasteiger partial charge in [-0.15, -0.1) is 11.3 Å². The molecule has 0 saturated carbocycles. The predicted octanol–water partition coefficient (Wildman–Crippen LogP) is 3.46. The van der Waals surface area contributed by atoms with Crippen LogP contribution < -0.4 is 10.5 Å². The topological polar surface area (TPSA) is 94.7 Å². The Morgan fingerprint density at radius 1 is 1.26 bits per heavy atom. The summed E-state index contributed by atoms with van der Waals surface area (Å²) in [5.41, 5.74) is 6.25. The van der Waals surface area contributed by atoms with Crippen LogP contribution in [-0.4, -0.2) is 47.0 Å². The average Bonchev–Trinajstić information content (AvgIpc) is 3.15. The number of para-hydroxylation sites is 1. The van der Waals surface area contributed by atoms with Crippen molar-refractivity contribution in [1.29, 1.82) is 0 Å². The van der Waals surface area contributed by atoms with E-state index in [-0.39, 0.29) is 5.91 Å². The number of ether oxygens (including phenoxy) is 2. The number of hydrogen-bond donors (Lipinski definition) is 1. The monoisotopic (exact) mass is 439 g/mol. The summed E-state index contributed by atoms with van der Waals surface area (Å²) in [7, 11) is 0. The van der Waals surface area contributed by atoms with Gasteiger partial charge in [-0.2, -0.15) is 0 Å². The number of pyridine rings is 1. The number of aromatic nitrogens is 1. The van der Waals surface area contributed by atoms with Crippen LogP contribution in [0.15, 0.2) is 42.6 Å². The molecule has 0 radical (unpaired) electrons. The number of thiophene rings is 1. The van der Waals surface area contributed by atoms with Gasteiger partial charge in [-0.1, -0.05) is 24.3 Å². The van der Waals surface area contributed by atoms with Crippen molar-refractivity contribution in [1.82, 2.24) is 9.88 Å². The van der Waals surface area contributed by atoms with E-state index in [1.165, 1.54) is 11.3 Å². The zero-order valence-electron chi connectivity index (χ0n) is 17.8. The quantitative estimate of drug-likeness (QED) is 0.657. The highest BCUT2D eigenvalue weighted by Gasteiger charge is 2.38. The molecule has 31 heavy (non-hydrogen) atoms. The fraction of sp³-hybridized carbons (Fsp3) is 0.348. The molecule has 1 aliphatic heterocycles. The van der Waals surface area contributed by atoms with E-state index in [2.05, 4.69) is 4.98 Å². The zero-order valence-corrected chi connectivity index (χ0v) is 18.6. The molecule has 1 fully saturated rings. The molecule has 2 N–H and O–H groups in total. The van der Waals surface area contributed by atoms with Crippen molar-refractivity contribution in [3.63, 3.8) is 0 Å². The zero-order chi connectivity index (χ0) is 22.2. The van der Waals surface area contributed by atoms with Gasteiger partial charge in [-0.25, -0.2) is 4.98 Å². The van der Waals surface area contributed by atoms with Gasteiger partial charge in [-0.05, 0) is 38.5 Å². The molecular weight excluding hydrogens is 414 g/mol. The lowest BCUT2D eigenvalue weighted by atomic mass is 10.0. The molecule has 1 aliphatic rings. The van der Waals surface area contributed by atoms with Gasteiger partial charge in [0, 0.05) is 23.7 Å². The van der Waals surface area contributed by atoms with Gasteiger partial charge in [0.25, 0.3) is 11.8 Å². The number of amides is 2. The lowest BCUT2D eigenvalue weighted by Crippen LogP contribution is -2.53. The Morgan fingerprint density at radius 2 is 2.03 bits per heavy atom. The van der Waals surface area contributed by atoms with E-state index >= 15 is 0 Å². The Bertz CT molecular complexity index is 1140. The molecule has 0 aliphatic carbocycles. The van der Waals surface area contributed by atoms with Gasteiger partial charge in [0.05, 0.1) is 13.2 Å². The molecular formula is C23H25N3O4S. The standard InChI is InChI=1S/C23H25N3O4S/c1-14-7-4-5-9-16(14)30-23(2,3)22(28)26-11-12-29-17(13-26)18-15-8-6-10-25-21(15)31-19(18)20(24)27/h4-10,17H,11-13H2,1-3H3,(H2,24,27)/t17-/m0/s1. The van der Waals surface area contributed by atoms with Gasteiger partial charge in [0.15, 0.2) is 5.60 Å². The first kappa shape index (κ1) is 21.3. The van der Waals surface area contributed by atoms with Crippen LogP contribution in [0.1, 0.15) is 40.8 Å². The molecule has 162 valence electrons. The number of fused-ring (bicyclic) bond motifs is 1. The van der Waals surface area contributed by atoms with Crippen molar-refractivity contribution in [2.45, 2.75) is 32.5 Å². The first-order valence-electron chi connectivity index (χ1n) is 10.1. The van der Waals surface area contributed by atoms with Gasteiger partial charge >= 0.3 is 0 Å². The van der Waals surface area contributed by atoms with Crippen molar-refractivity contribution in [2.75, 3.05) is 19.7 Å². The summed E-state index contributed by atoms with van der Waals surface area (Å²) < 4.78 is 12.1. The Labute approximate surface area is 184 Å². The molecule has 0 bridgehead atoms. The van der Waals surface area contributed by atoms with E-state index in [9.17, 15) is 9.59 Å². The molecule has 2 aromatic heterocycles. The van der Waals surface area contributed by atoms with Gasteiger partial charge in [0.2, 0.25) is 0 Å². The van der Waals surface area contributed by atoms with E-state index in [1.54, 1.807) is 24.9 Å². The SMILES string of the molecule is Cc1ccccc1OC(C)(C)C(=O)N1CCO[C@H](c2c(C(N)=O)sc3ncccc23)C1. The molecule has 3 aromatic rings. The maximum absolute atomic E-state index is 13.4. The summed E-state index contributed by atoms with van der Waals surface area (Å²) in [5.74, 6) is 0.0205. The number of rotatable bonds is 5. The lowest BCUT2D eigenvalue weighted by molar-refractivity contribution is -0.153. The maximum Gasteiger partial charge on any atom is 0.266 e. The van der Waals surface area contributed by atoms with Crippen LogP contribution in [0.3, 0.4) is 0 Å². The molecule has 1 atom stereocenters. The van der Waals surface area contributed by atoms with Crippen LogP contribution in [0.4, 0.5) is 0 Å². The Kier molecular flexibility index (Phi) is 5.68. The van der Waals surface area contributed by atoms with Crippen molar-refractivity contribution in [3.05, 3.63) is 58.6 Å². The van der Waals surface area contributed by atoms with Gasteiger partial charge in [0.1, 0.15) is 21.6 Å². The second-order valence-electron chi connectivity index (χ2n) is 8.05. The smallest absolute Gasteiger partial charge is 0.266 e. The second kappa shape index (κ2) is 8.28. The number of morpholine rings is 1. The number of nitrogens with zero attached hydrogens (tertiary/aromatic N) is 2. The summed E-state index contributed by atoms with van der Waals surface area (Å²) in [4.78, 5) is 32.7. The molecule has 1 saturated heterocycles. The number of aryl methyl sites for hydroxylation is 1. The predicted molar refractivity (Wildman–Crippen MR) is 119 cm³/mol. The highest BCUT2D eigenvalue weighted by molar-refractivity contribution is 7.20. The molecule has 4 rings (SSSR count). The van der Waals surface area contributed by atoms with E-state index < -0.39 is 17.6 Å². The lowest BCUT2D eigenvalue weighted by Gasteiger charge is -2.38. The Hall–Kier alpha value is -2.97. The molecule has 0 spiro atoms. The summed E-state index contributed by atoms with van der Waals surface area (Å²) in [6.45, 7) is 6.59. The molecule has 7 nitrogen and oxygen atoms in total. The number of hydrogen-bond acceptors (Lipinski definition) is 6. The fourth-order valence-electron chi connectivity index (χ4n) is 3.83. The van der Waals surface area contributed by atoms with E-state index in [4.69, 9.17) is 15.2 Å². The summed E-state index contributed by atoms with van der Waals surface area (Å²) in [6.07, 6.45) is 1.21. The number of primary amides is 1. The van der Waals surface area contributed by atoms with Crippen molar-refractivity contribution in [3.8, 4) is 5.75 Å². The van der Waals surface area contributed by atoms with Crippen LogP contribution in [0, 0.1) is 6.92 Å². The number of nitrogens with two attached hydrogens (primary N) is 1. The van der Waals surface area contributed by atoms with Crippen LogP contribution in [-0.2, 0) is 9.53 Å². The minimum absolute atomic E-state index is 0.137. The Morgan fingerprint density at radius 3 is 2.77 bits per heavy atom. The summed E-state index contributed by atoms with van der Waals surface area (Å²) in [6, 6.07) is 11.3. The van der Waals surface area contributed by atoms with Crippen molar-refractivity contribution < 1.29 is 19.1 Å². The number of carbonyl (C=O) groups excluding carboxylic acids is 2. The third kappa shape index (κ3) is 4.13. The normalized spacial score (nSPS) is 17.0. The summed E-state index contributed by atoms with van der Waals surface area (Å²) in [5, 5.41) is 0.830. The maximum atomic E-state index is 13.4. The first-order chi connectivity index (χ1) is 14.8.